The summed E-state index contributed by atoms with van der Waals surface area (Å²) in [5, 5.41) is 3.18. The number of nitrogens with one attached hydrogen (secondary N) is 2. The van der Waals surface area contributed by atoms with Crippen LogP contribution >= 0.6 is 11.6 Å². The monoisotopic (exact) mass is 436 g/mol. The second-order valence-electron chi connectivity index (χ2n) is 7.62. The van der Waals surface area contributed by atoms with E-state index in [1.165, 1.54) is 6.07 Å². The van der Waals surface area contributed by atoms with Crippen LogP contribution in [0.1, 0.15) is 49.9 Å². The number of Topliss-reactive ketones (excluding diaryl/α,β-unsaturated/α-hetero) is 1. The highest BCUT2D eigenvalue weighted by atomic mass is 35.5. The minimum absolute atomic E-state index is 0.0460. The largest absolute Gasteiger partial charge is 0.497 e. The number of fused-ring (bicyclic) bond motifs is 1. The SMILES string of the molecule is COc1ccc(C2CC(=O)c3cc(C(=O)Nc4cc(Cl)ccc4C)c(=O)[nH]c3C2)cc1. The normalized spacial score (nSPS) is 15.3. The molecule has 158 valence electrons. The lowest BCUT2D eigenvalue weighted by Crippen LogP contribution is -2.29. The summed E-state index contributed by atoms with van der Waals surface area (Å²) in [6, 6.07) is 14.1. The molecule has 2 aromatic carbocycles. The summed E-state index contributed by atoms with van der Waals surface area (Å²) in [6.07, 6.45) is 0.817. The molecule has 3 aromatic rings. The molecule has 31 heavy (non-hydrogen) atoms. The molecule has 1 amide bonds. The molecule has 0 saturated carbocycles. The number of ether oxygens (including phenoxy) is 1. The van der Waals surface area contributed by atoms with E-state index >= 15 is 0 Å². The second kappa shape index (κ2) is 8.40. The minimum atomic E-state index is -0.584. The third-order valence-electron chi connectivity index (χ3n) is 5.59. The molecular formula is C24H21ClN2O4. The number of H-pyrrole nitrogens is 1. The van der Waals surface area contributed by atoms with Gasteiger partial charge in [0.25, 0.3) is 11.5 Å². The van der Waals surface area contributed by atoms with Gasteiger partial charge in [-0.15, -0.1) is 0 Å². The highest BCUT2D eigenvalue weighted by molar-refractivity contribution is 6.31. The van der Waals surface area contributed by atoms with Gasteiger partial charge in [0, 0.05) is 28.4 Å². The van der Waals surface area contributed by atoms with Crippen molar-refractivity contribution in [3.05, 3.63) is 91.9 Å². The molecule has 1 atom stereocenters. The van der Waals surface area contributed by atoms with Crippen LogP contribution in [0.2, 0.25) is 5.02 Å². The number of aromatic nitrogens is 1. The topological polar surface area (TPSA) is 88.3 Å². The number of methoxy groups -OCH3 is 1. The number of amides is 1. The van der Waals surface area contributed by atoms with E-state index < -0.39 is 11.5 Å². The summed E-state index contributed by atoms with van der Waals surface area (Å²) >= 11 is 6.00. The van der Waals surface area contributed by atoms with E-state index in [-0.39, 0.29) is 17.3 Å². The van der Waals surface area contributed by atoms with Gasteiger partial charge in [0.1, 0.15) is 11.3 Å². The van der Waals surface area contributed by atoms with Crippen molar-refractivity contribution in [3.8, 4) is 5.75 Å². The lowest BCUT2D eigenvalue weighted by atomic mass is 9.81. The number of rotatable bonds is 4. The summed E-state index contributed by atoms with van der Waals surface area (Å²) in [5.41, 5.74) is 2.63. The molecule has 4 rings (SSSR count). The van der Waals surface area contributed by atoms with Gasteiger partial charge in [-0.25, -0.2) is 0 Å². The van der Waals surface area contributed by atoms with Gasteiger partial charge in [0.15, 0.2) is 5.78 Å². The van der Waals surface area contributed by atoms with Crippen molar-refractivity contribution in [2.24, 2.45) is 0 Å². The van der Waals surface area contributed by atoms with Crippen LogP contribution in [0.25, 0.3) is 0 Å². The number of anilines is 1. The molecule has 0 radical (unpaired) electrons. The predicted molar refractivity (Wildman–Crippen MR) is 120 cm³/mol. The van der Waals surface area contributed by atoms with Crippen molar-refractivity contribution < 1.29 is 14.3 Å². The van der Waals surface area contributed by atoms with Crippen LogP contribution in [0.3, 0.4) is 0 Å². The highest BCUT2D eigenvalue weighted by Crippen LogP contribution is 2.32. The molecule has 6 nitrogen and oxygen atoms in total. The molecular weight excluding hydrogens is 416 g/mol. The summed E-state index contributed by atoms with van der Waals surface area (Å²) < 4.78 is 5.18. The molecule has 1 aliphatic rings. The fraction of sp³-hybridized carbons (Fsp3) is 0.208. The zero-order chi connectivity index (χ0) is 22.1. The predicted octanol–water partition coefficient (Wildman–Crippen LogP) is 4.51. The first kappa shape index (κ1) is 20.9. The van der Waals surface area contributed by atoms with Gasteiger partial charge in [-0.05, 0) is 60.7 Å². The number of benzene rings is 2. The van der Waals surface area contributed by atoms with Crippen LogP contribution in [-0.2, 0) is 6.42 Å². The quantitative estimate of drug-likeness (QED) is 0.629. The van der Waals surface area contributed by atoms with Crippen LogP contribution in [0, 0.1) is 6.92 Å². The molecule has 1 heterocycles. The number of hydrogen-bond donors (Lipinski definition) is 2. The highest BCUT2D eigenvalue weighted by Gasteiger charge is 2.29. The maximum absolute atomic E-state index is 12.8. The van der Waals surface area contributed by atoms with Crippen molar-refractivity contribution in [1.29, 1.82) is 0 Å². The van der Waals surface area contributed by atoms with Gasteiger partial charge in [0.2, 0.25) is 0 Å². The van der Waals surface area contributed by atoms with Crippen LogP contribution < -0.4 is 15.6 Å². The van der Waals surface area contributed by atoms with Crippen molar-refractivity contribution in [3.63, 3.8) is 0 Å². The van der Waals surface area contributed by atoms with Crippen LogP contribution in [0.4, 0.5) is 5.69 Å². The van der Waals surface area contributed by atoms with Gasteiger partial charge in [-0.3, -0.25) is 14.4 Å². The Bertz CT molecular complexity index is 1230. The molecule has 1 aliphatic carbocycles. The Morgan fingerprint density at radius 3 is 2.55 bits per heavy atom. The van der Waals surface area contributed by atoms with E-state index in [9.17, 15) is 14.4 Å². The number of pyridine rings is 1. The average molecular weight is 437 g/mol. The molecule has 0 fully saturated rings. The summed E-state index contributed by atoms with van der Waals surface area (Å²) in [6.45, 7) is 1.83. The number of ketones is 1. The van der Waals surface area contributed by atoms with E-state index in [0.29, 0.717) is 34.8 Å². The fourth-order valence-corrected chi connectivity index (χ4v) is 4.00. The fourth-order valence-electron chi connectivity index (χ4n) is 3.83. The van der Waals surface area contributed by atoms with Gasteiger partial charge in [-0.2, -0.15) is 0 Å². The Hall–Kier alpha value is -3.38. The Kier molecular flexibility index (Phi) is 5.65. The van der Waals surface area contributed by atoms with Crippen molar-refractivity contribution in [2.75, 3.05) is 12.4 Å². The maximum atomic E-state index is 12.8. The van der Waals surface area contributed by atoms with E-state index in [0.717, 1.165) is 16.9 Å². The van der Waals surface area contributed by atoms with Crippen LogP contribution in [0.15, 0.2) is 53.3 Å². The summed E-state index contributed by atoms with van der Waals surface area (Å²) in [4.78, 5) is 41.0. The van der Waals surface area contributed by atoms with E-state index in [1.807, 2.05) is 31.2 Å². The second-order valence-corrected chi connectivity index (χ2v) is 8.06. The lowest BCUT2D eigenvalue weighted by Gasteiger charge is -2.24. The molecule has 1 aromatic heterocycles. The number of halogens is 1. The molecule has 2 N–H and O–H groups in total. The number of carbonyl (C=O) groups excluding carboxylic acids is 2. The Balaban J connectivity index is 1.61. The Labute approximate surface area is 184 Å². The van der Waals surface area contributed by atoms with E-state index in [4.69, 9.17) is 16.3 Å². The van der Waals surface area contributed by atoms with Crippen LogP contribution in [0.5, 0.6) is 5.75 Å². The lowest BCUT2D eigenvalue weighted by molar-refractivity contribution is 0.0963. The first-order valence-electron chi connectivity index (χ1n) is 9.86. The third-order valence-corrected chi connectivity index (χ3v) is 5.82. The van der Waals surface area contributed by atoms with Gasteiger partial charge in [0.05, 0.1) is 7.11 Å². The molecule has 0 bridgehead atoms. The van der Waals surface area contributed by atoms with Crippen LogP contribution in [-0.4, -0.2) is 23.8 Å². The van der Waals surface area contributed by atoms with Crippen molar-refractivity contribution >= 4 is 29.0 Å². The maximum Gasteiger partial charge on any atom is 0.261 e. The molecule has 0 aliphatic heterocycles. The molecule has 1 unspecified atom stereocenters. The van der Waals surface area contributed by atoms with Gasteiger partial charge in [-0.1, -0.05) is 29.8 Å². The summed E-state index contributed by atoms with van der Waals surface area (Å²) in [5.74, 6) is 0.00595. The zero-order valence-electron chi connectivity index (χ0n) is 17.1. The number of aryl methyl sites for hydroxylation is 1. The number of carbonyl (C=O) groups is 2. The average Bonchev–Trinajstić information content (AvgIpc) is 2.75. The van der Waals surface area contributed by atoms with Gasteiger partial charge < -0.3 is 15.0 Å². The zero-order valence-corrected chi connectivity index (χ0v) is 17.9. The van der Waals surface area contributed by atoms with E-state index in [2.05, 4.69) is 10.3 Å². The Morgan fingerprint density at radius 1 is 1.10 bits per heavy atom. The summed E-state index contributed by atoms with van der Waals surface area (Å²) in [7, 11) is 1.60. The number of aromatic amines is 1. The first-order valence-corrected chi connectivity index (χ1v) is 10.2. The first-order chi connectivity index (χ1) is 14.9. The third kappa shape index (κ3) is 4.25. The number of hydrogen-bond acceptors (Lipinski definition) is 4. The smallest absolute Gasteiger partial charge is 0.261 e. The molecule has 7 heteroatoms. The van der Waals surface area contributed by atoms with E-state index in [1.54, 1.807) is 25.3 Å². The molecule has 0 saturated heterocycles. The van der Waals surface area contributed by atoms with Gasteiger partial charge >= 0.3 is 0 Å². The Morgan fingerprint density at radius 2 is 1.84 bits per heavy atom. The standard InChI is InChI=1S/C24H21ClN2O4/c1-13-3-6-16(25)11-20(13)26-23(29)19-12-18-21(27-24(19)30)9-15(10-22(18)28)14-4-7-17(31-2)8-5-14/h3-8,11-12,15H,9-10H2,1-2H3,(H,26,29)(H,27,30). The molecule has 0 spiro atoms. The minimum Gasteiger partial charge on any atom is -0.497 e. The van der Waals surface area contributed by atoms with Crippen molar-refractivity contribution in [2.45, 2.75) is 25.7 Å². The van der Waals surface area contributed by atoms with Crippen molar-refractivity contribution in [1.82, 2.24) is 4.98 Å².